The van der Waals surface area contributed by atoms with Gasteiger partial charge in [-0.1, -0.05) is 5.21 Å². The number of fused-ring (bicyclic) bond motifs is 2. The van der Waals surface area contributed by atoms with Crippen LogP contribution in [-0.4, -0.2) is 64.3 Å². The summed E-state index contributed by atoms with van der Waals surface area (Å²) in [4.78, 5) is 22.4. The van der Waals surface area contributed by atoms with E-state index in [4.69, 9.17) is 19.5 Å². The number of H-pyrrole nitrogens is 1. The van der Waals surface area contributed by atoms with Gasteiger partial charge in [-0.25, -0.2) is 9.55 Å². The van der Waals surface area contributed by atoms with Crippen LogP contribution in [0, 0.1) is 0 Å². The van der Waals surface area contributed by atoms with Gasteiger partial charge in [-0.3, -0.25) is 13.6 Å². The monoisotopic (exact) mass is 396 g/mol. The number of nitrogens with two attached hydrogens (primary N) is 1. The number of aromatic nitrogens is 8. The molecule has 142 valence electrons. The number of phosphoric acid groups is 1. The van der Waals surface area contributed by atoms with Crippen molar-refractivity contribution in [3.63, 3.8) is 0 Å². The van der Waals surface area contributed by atoms with E-state index in [2.05, 4.69) is 40.9 Å². The van der Waals surface area contributed by atoms with Crippen molar-refractivity contribution in [2.45, 2.75) is 24.5 Å². The highest BCUT2D eigenvalue weighted by Gasteiger charge is 2.59. The second kappa shape index (κ2) is 5.64. The van der Waals surface area contributed by atoms with Crippen molar-refractivity contribution in [3.8, 4) is 0 Å². The second-order valence-electron chi connectivity index (χ2n) is 5.83. The molecule has 2 saturated heterocycles. The van der Waals surface area contributed by atoms with Crippen LogP contribution in [0.15, 0.2) is 6.33 Å². The number of ether oxygens (including phenoxy) is 1. The molecule has 3 aromatic rings. The Bertz CT molecular complexity index is 1060. The highest BCUT2D eigenvalue weighted by Crippen LogP contribution is 2.61. The van der Waals surface area contributed by atoms with Crippen LogP contribution in [0.4, 0.5) is 11.8 Å². The van der Waals surface area contributed by atoms with Gasteiger partial charge in [0.15, 0.2) is 23.8 Å². The van der Waals surface area contributed by atoms with Crippen LogP contribution in [0.2, 0.25) is 0 Å². The van der Waals surface area contributed by atoms with Gasteiger partial charge in [-0.05, 0) is 0 Å². The summed E-state index contributed by atoms with van der Waals surface area (Å²) in [5.74, 6) is 0.610. The molecule has 2 fully saturated rings. The molecular formula is C11H13N10O5P. The summed E-state index contributed by atoms with van der Waals surface area (Å²) in [7, 11) is -2.61. The van der Waals surface area contributed by atoms with E-state index >= 15 is 0 Å². The number of tetrazole rings is 1. The molecule has 5 rings (SSSR count). The first-order valence-electron chi connectivity index (χ1n) is 7.73. The Kier molecular flexibility index (Phi) is 3.44. The maximum atomic E-state index is 12.0. The molecule has 16 heteroatoms. The van der Waals surface area contributed by atoms with Gasteiger partial charge in [-0.2, -0.15) is 15.2 Å². The summed E-state index contributed by atoms with van der Waals surface area (Å²) in [5.41, 5.74) is 6.62. The van der Waals surface area contributed by atoms with E-state index in [1.54, 1.807) is 7.05 Å². The first kappa shape index (κ1) is 16.5. The molecule has 5 N–H and O–H groups in total. The molecule has 5 heterocycles. The number of rotatable bonds is 3. The van der Waals surface area contributed by atoms with Crippen molar-refractivity contribution in [1.82, 2.24) is 40.1 Å². The molecule has 0 saturated carbocycles. The lowest BCUT2D eigenvalue weighted by Gasteiger charge is -2.18. The molecule has 0 aromatic carbocycles. The number of phosphoric ester groups is 1. The molecule has 2 aliphatic heterocycles. The van der Waals surface area contributed by atoms with Crippen molar-refractivity contribution < 1.29 is 23.2 Å². The predicted octanol–water partition coefficient (Wildman–Crippen LogP) is -0.882. The van der Waals surface area contributed by atoms with Gasteiger partial charge in [0.05, 0.1) is 6.33 Å². The van der Waals surface area contributed by atoms with Crippen LogP contribution in [0.1, 0.15) is 18.2 Å². The molecule has 0 radical (unpaired) electrons. The normalized spacial score (nSPS) is 32.8. The van der Waals surface area contributed by atoms with Crippen LogP contribution in [0.25, 0.3) is 11.2 Å². The lowest BCUT2D eigenvalue weighted by Crippen LogP contribution is -2.26. The Morgan fingerprint density at radius 1 is 1.37 bits per heavy atom. The minimum absolute atomic E-state index is 0.160. The molecule has 27 heavy (non-hydrogen) atoms. The lowest BCUT2D eigenvalue weighted by molar-refractivity contribution is -0.0455. The number of aromatic amines is 1. The van der Waals surface area contributed by atoms with Gasteiger partial charge in [0.2, 0.25) is 11.8 Å². The summed E-state index contributed by atoms with van der Waals surface area (Å²) in [6, 6.07) is 0. The maximum Gasteiger partial charge on any atom is 0.473 e. The van der Waals surface area contributed by atoms with E-state index in [1.165, 1.54) is 10.9 Å². The number of hydrogen-bond donors (Lipinski definition) is 4. The minimum atomic E-state index is -4.25. The Labute approximate surface area is 149 Å². The van der Waals surface area contributed by atoms with E-state index in [0.29, 0.717) is 11.2 Å². The average molecular weight is 396 g/mol. The highest BCUT2D eigenvalue weighted by atomic mass is 31.2. The van der Waals surface area contributed by atoms with Crippen molar-refractivity contribution in [2.75, 3.05) is 18.1 Å². The van der Waals surface area contributed by atoms with Gasteiger partial charge in [0.25, 0.3) is 0 Å². The van der Waals surface area contributed by atoms with E-state index in [-0.39, 0.29) is 17.6 Å². The standard InChI is InChI=1S/C11H13N10O5P/c1-13-11-15-7(12)3-9(16-11)21(2-14-3)10-6-4(25-27(22,23)26-6)5(24-10)8-17-19-20-18-8/h2,4-6,10H,1H3,(H,22,23)(H3,12,13,15,16)(H,17,18,19,20)/t4-,5+,6-,10-/m1/s1. The predicted molar refractivity (Wildman–Crippen MR) is 85.9 cm³/mol. The fraction of sp³-hybridized carbons (Fsp3) is 0.455. The zero-order chi connectivity index (χ0) is 18.8. The Morgan fingerprint density at radius 2 is 2.19 bits per heavy atom. The average Bonchev–Trinajstić information content (AvgIpc) is 3.37. The SMILES string of the molecule is CNc1nc(N)c2ncn([C@@H]3O[C@H](c4nn[nH]n4)[C@H]4OP(=O)(O)O[C@H]43)c2n1. The third-order valence-corrected chi connectivity index (χ3v) is 5.28. The number of imidazole rings is 1. The molecule has 0 aliphatic carbocycles. The van der Waals surface area contributed by atoms with Gasteiger partial charge in [0, 0.05) is 7.05 Å². The van der Waals surface area contributed by atoms with Gasteiger partial charge in [0.1, 0.15) is 17.7 Å². The Morgan fingerprint density at radius 3 is 2.93 bits per heavy atom. The zero-order valence-electron chi connectivity index (χ0n) is 13.6. The largest absolute Gasteiger partial charge is 0.473 e. The van der Waals surface area contributed by atoms with Gasteiger partial charge in [-0.15, -0.1) is 10.2 Å². The third-order valence-electron chi connectivity index (χ3n) is 4.26. The number of nitrogens with one attached hydrogen (secondary N) is 2. The number of nitrogens with zero attached hydrogens (tertiary/aromatic N) is 7. The summed E-state index contributed by atoms with van der Waals surface area (Å²) < 4.78 is 29.9. The van der Waals surface area contributed by atoms with Crippen LogP contribution in [-0.2, 0) is 18.3 Å². The first-order valence-corrected chi connectivity index (χ1v) is 9.22. The second-order valence-corrected chi connectivity index (χ2v) is 7.19. The van der Waals surface area contributed by atoms with Crippen molar-refractivity contribution in [1.29, 1.82) is 0 Å². The number of hydrogen-bond acceptors (Lipinski definition) is 12. The molecule has 5 atom stereocenters. The number of anilines is 2. The first-order chi connectivity index (χ1) is 13.0. The van der Waals surface area contributed by atoms with Crippen molar-refractivity contribution in [3.05, 3.63) is 12.2 Å². The molecule has 1 unspecified atom stereocenters. The summed E-state index contributed by atoms with van der Waals surface area (Å²) in [5, 5.41) is 16.3. The Hall–Kier alpha value is -2.71. The molecule has 15 nitrogen and oxygen atoms in total. The fourth-order valence-electron chi connectivity index (χ4n) is 3.16. The van der Waals surface area contributed by atoms with Crippen LogP contribution >= 0.6 is 7.82 Å². The van der Waals surface area contributed by atoms with E-state index < -0.39 is 32.4 Å². The molecular weight excluding hydrogens is 383 g/mol. The van der Waals surface area contributed by atoms with Crippen LogP contribution < -0.4 is 11.1 Å². The molecule has 0 amide bonds. The molecule has 0 spiro atoms. The van der Waals surface area contributed by atoms with E-state index in [0.717, 1.165) is 0 Å². The molecule has 3 aromatic heterocycles. The summed E-state index contributed by atoms with van der Waals surface area (Å²) >= 11 is 0. The van der Waals surface area contributed by atoms with Crippen molar-refractivity contribution in [2.24, 2.45) is 0 Å². The fourth-order valence-corrected chi connectivity index (χ4v) is 4.28. The Balaban J connectivity index is 1.61. The van der Waals surface area contributed by atoms with Gasteiger partial charge >= 0.3 is 7.82 Å². The van der Waals surface area contributed by atoms with Crippen LogP contribution in [0.3, 0.4) is 0 Å². The third kappa shape index (κ3) is 2.48. The minimum Gasteiger partial charge on any atom is -0.382 e. The maximum absolute atomic E-state index is 12.0. The number of nitrogen functional groups attached to an aromatic ring is 1. The summed E-state index contributed by atoms with van der Waals surface area (Å²) in [6.07, 6.45) is -2.22. The molecule has 0 bridgehead atoms. The van der Waals surface area contributed by atoms with E-state index in [1.807, 2.05) is 0 Å². The van der Waals surface area contributed by atoms with Crippen LogP contribution in [0.5, 0.6) is 0 Å². The van der Waals surface area contributed by atoms with Crippen molar-refractivity contribution >= 4 is 30.8 Å². The van der Waals surface area contributed by atoms with E-state index in [9.17, 15) is 9.46 Å². The van der Waals surface area contributed by atoms with Gasteiger partial charge < -0.3 is 20.7 Å². The molecule has 2 aliphatic rings. The lowest BCUT2D eigenvalue weighted by atomic mass is 10.1. The zero-order valence-corrected chi connectivity index (χ0v) is 14.5. The smallest absolute Gasteiger partial charge is 0.382 e. The highest BCUT2D eigenvalue weighted by molar-refractivity contribution is 7.47. The topological polar surface area (TPSA) is 201 Å². The summed E-state index contributed by atoms with van der Waals surface area (Å²) in [6.45, 7) is 0. The quantitative estimate of drug-likeness (QED) is 0.398.